The van der Waals surface area contributed by atoms with E-state index in [2.05, 4.69) is 12.2 Å². The summed E-state index contributed by atoms with van der Waals surface area (Å²) < 4.78 is 0. The molecule has 0 fully saturated rings. The number of carboxylic acids is 1. The number of carbonyl (C=O) groups is 1. The van der Waals surface area contributed by atoms with Crippen LogP contribution < -0.4 is 5.32 Å². The summed E-state index contributed by atoms with van der Waals surface area (Å²) in [4.78, 5) is 11.6. The standard InChI is InChI=1S/C15H18ClNO2/c1-2-3-13-14(15(18)19)12(8-9-17-13)10-4-6-11(16)7-5-10/h4-7,13,17H,2-3,8-9H2,1H3,(H,18,19). The zero-order valence-corrected chi connectivity index (χ0v) is 11.7. The molecule has 1 aromatic carbocycles. The molecule has 102 valence electrons. The van der Waals surface area contributed by atoms with Crippen molar-refractivity contribution < 1.29 is 9.90 Å². The maximum atomic E-state index is 11.6. The van der Waals surface area contributed by atoms with Crippen molar-refractivity contribution in [2.24, 2.45) is 0 Å². The molecular weight excluding hydrogens is 262 g/mol. The Balaban J connectivity index is 2.44. The van der Waals surface area contributed by atoms with Gasteiger partial charge < -0.3 is 10.4 Å². The number of carboxylic acid groups (broad SMARTS) is 1. The molecule has 2 rings (SSSR count). The van der Waals surface area contributed by atoms with E-state index in [-0.39, 0.29) is 6.04 Å². The molecule has 0 saturated heterocycles. The molecule has 1 heterocycles. The maximum absolute atomic E-state index is 11.6. The van der Waals surface area contributed by atoms with Crippen molar-refractivity contribution in [3.8, 4) is 0 Å². The molecule has 1 aromatic rings. The van der Waals surface area contributed by atoms with Gasteiger partial charge in [-0.25, -0.2) is 4.79 Å². The normalized spacial score (nSPS) is 19.6. The first-order valence-corrected chi connectivity index (χ1v) is 6.97. The smallest absolute Gasteiger partial charge is 0.333 e. The van der Waals surface area contributed by atoms with E-state index in [1.165, 1.54) is 0 Å². The van der Waals surface area contributed by atoms with Gasteiger partial charge in [-0.15, -0.1) is 0 Å². The first-order valence-electron chi connectivity index (χ1n) is 6.59. The Morgan fingerprint density at radius 3 is 2.68 bits per heavy atom. The highest BCUT2D eigenvalue weighted by Gasteiger charge is 2.27. The lowest BCUT2D eigenvalue weighted by atomic mass is 9.88. The van der Waals surface area contributed by atoms with Crippen LogP contribution in [0.3, 0.4) is 0 Å². The van der Waals surface area contributed by atoms with Gasteiger partial charge in [0.25, 0.3) is 0 Å². The molecular formula is C15H18ClNO2. The van der Waals surface area contributed by atoms with Gasteiger partial charge in [-0.1, -0.05) is 37.1 Å². The summed E-state index contributed by atoms with van der Waals surface area (Å²) in [5.74, 6) is -0.824. The maximum Gasteiger partial charge on any atom is 0.333 e. The molecule has 2 N–H and O–H groups in total. The van der Waals surface area contributed by atoms with Crippen LogP contribution in [-0.2, 0) is 4.79 Å². The number of nitrogens with one attached hydrogen (secondary N) is 1. The molecule has 0 saturated carbocycles. The molecule has 1 aliphatic heterocycles. The molecule has 0 aliphatic carbocycles. The fourth-order valence-electron chi connectivity index (χ4n) is 2.58. The molecule has 0 spiro atoms. The highest BCUT2D eigenvalue weighted by Crippen LogP contribution is 2.29. The quantitative estimate of drug-likeness (QED) is 0.889. The SMILES string of the molecule is CCCC1NCCC(c2ccc(Cl)cc2)=C1C(=O)O. The summed E-state index contributed by atoms with van der Waals surface area (Å²) in [7, 11) is 0. The molecule has 19 heavy (non-hydrogen) atoms. The summed E-state index contributed by atoms with van der Waals surface area (Å²) in [6, 6.07) is 7.35. The van der Waals surface area contributed by atoms with Gasteiger partial charge in [-0.2, -0.15) is 0 Å². The molecule has 1 atom stereocenters. The van der Waals surface area contributed by atoms with Crippen molar-refractivity contribution in [1.29, 1.82) is 0 Å². The number of halogens is 1. The fraction of sp³-hybridized carbons (Fsp3) is 0.400. The van der Waals surface area contributed by atoms with Crippen LogP contribution in [0.1, 0.15) is 31.7 Å². The minimum absolute atomic E-state index is 0.0538. The van der Waals surface area contributed by atoms with Crippen LogP contribution in [0.4, 0.5) is 0 Å². The molecule has 4 heteroatoms. The second-order valence-corrected chi connectivity index (χ2v) is 5.19. The lowest BCUT2D eigenvalue weighted by Crippen LogP contribution is -2.39. The minimum atomic E-state index is -0.824. The average Bonchev–Trinajstić information content (AvgIpc) is 2.39. The van der Waals surface area contributed by atoms with E-state index in [0.29, 0.717) is 10.6 Å². The van der Waals surface area contributed by atoms with Gasteiger partial charge in [0.15, 0.2) is 0 Å². The highest BCUT2D eigenvalue weighted by atomic mass is 35.5. The van der Waals surface area contributed by atoms with E-state index in [4.69, 9.17) is 11.6 Å². The van der Waals surface area contributed by atoms with Gasteiger partial charge in [0.1, 0.15) is 0 Å². The van der Waals surface area contributed by atoms with Crippen molar-refractivity contribution in [3.05, 3.63) is 40.4 Å². The van der Waals surface area contributed by atoms with Crippen molar-refractivity contribution in [1.82, 2.24) is 5.32 Å². The third-order valence-electron chi connectivity index (χ3n) is 3.44. The molecule has 1 unspecified atom stereocenters. The van der Waals surface area contributed by atoms with Gasteiger partial charge in [0.05, 0.1) is 5.57 Å². The van der Waals surface area contributed by atoms with E-state index in [1.54, 1.807) is 12.1 Å². The molecule has 1 aliphatic rings. The Morgan fingerprint density at radius 2 is 2.11 bits per heavy atom. The Labute approximate surface area is 118 Å². The Bertz CT molecular complexity index is 493. The predicted molar refractivity (Wildman–Crippen MR) is 77.3 cm³/mol. The van der Waals surface area contributed by atoms with Crippen LogP contribution in [0.25, 0.3) is 5.57 Å². The number of hydrogen-bond acceptors (Lipinski definition) is 2. The number of hydrogen-bond donors (Lipinski definition) is 2. The first kappa shape index (κ1) is 14.1. The topological polar surface area (TPSA) is 49.3 Å². The summed E-state index contributed by atoms with van der Waals surface area (Å²) in [6.45, 7) is 2.89. The second kappa shape index (κ2) is 6.22. The van der Waals surface area contributed by atoms with Gasteiger partial charge in [-0.3, -0.25) is 0 Å². The zero-order chi connectivity index (χ0) is 13.8. The Kier molecular flexibility index (Phi) is 4.61. The Morgan fingerprint density at radius 1 is 1.42 bits per heavy atom. The van der Waals surface area contributed by atoms with Crippen molar-refractivity contribution in [2.45, 2.75) is 32.2 Å². The lowest BCUT2D eigenvalue weighted by Gasteiger charge is -2.27. The molecule has 0 amide bonds. The average molecular weight is 280 g/mol. The molecule has 3 nitrogen and oxygen atoms in total. The second-order valence-electron chi connectivity index (χ2n) is 4.75. The summed E-state index contributed by atoms with van der Waals surface area (Å²) >= 11 is 5.88. The van der Waals surface area contributed by atoms with E-state index < -0.39 is 5.97 Å². The van der Waals surface area contributed by atoms with E-state index in [0.717, 1.165) is 36.9 Å². The Hall–Kier alpha value is -1.32. The van der Waals surface area contributed by atoms with Crippen LogP contribution in [0.15, 0.2) is 29.8 Å². The lowest BCUT2D eigenvalue weighted by molar-refractivity contribution is -0.133. The van der Waals surface area contributed by atoms with Crippen molar-refractivity contribution in [3.63, 3.8) is 0 Å². The third-order valence-corrected chi connectivity index (χ3v) is 3.69. The van der Waals surface area contributed by atoms with Crippen molar-refractivity contribution in [2.75, 3.05) is 6.54 Å². The predicted octanol–water partition coefficient (Wildman–Crippen LogP) is 3.34. The van der Waals surface area contributed by atoms with Crippen LogP contribution in [0, 0.1) is 0 Å². The van der Waals surface area contributed by atoms with Crippen LogP contribution in [0.5, 0.6) is 0 Å². The van der Waals surface area contributed by atoms with E-state index in [1.807, 2.05) is 12.1 Å². The minimum Gasteiger partial charge on any atom is -0.478 e. The molecule has 0 bridgehead atoms. The summed E-state index contributed by atoms with van der Waals surface area (Å²) in [5, 5.41) is 13.5. The third kappa shape index (κ3) is 3.17. The summed E-state index contributed by atoms with van der Waals surface area (Å²) in [6.07, 6.45) is 2.55. The van der Waals surface area contributed by atoms with Crippen molar-refractivity contribution >= 4 is 23.1 Å². The van der Waals surface area contributed by atoms with Crippen LogP contribution in [0.2, 0.25) is 5.02 Å². The monoisotopic (exact) mass is 279 g/mol. The van der Waals surface area contributed by atoms with E-state index in [9.17, 15) is 9.90 Å². The van der Waals surface area contributed by atoms with Crippen LogP contribution in [-0.4, -0.2) is 23.7 Å². The number of benzene rings is 1. The highest BCUT2D eigenvalue weighted by molar-refractivity contribution is 6.30. The van der Waals surface area contributed by atoms with Gasteiger partial charge in [-0.05, 0) is 42.7 Å². The largest absolute Gasteiger partial charge is 0.478 e. The van der Waals surface area contributed by atoms with Crippen LogP contribution >= 0.6 is 11.6 Å². The fourth-order valence-corrected chi connectivity index (χ4v) is 2.71. The first-order chi connectivity index (χ1) is 9.13. The molecule has 0 aromatic heterocycles. The number of aliphatic carboxylic acids is 1. The van der Waals surface area contributed by atoms with Gasteiger partial charge in [0, 0.05) is 11.1 Å². The van der Waals surface area contributed by atoms with E-state index >= 15 is 0 Å². The summed E-state index contributed by atoms with van der Waals surface area (Å²) in [5.41, 5.74) is 2.40. The molecule has 0 radical (unpaired) electrons. The van der Waals surface area contributed by atoms with Gasteiger partial charge >= 0.3 is 5.97 Å². The zero-order valence-electron chi connectivity index (χ0n) is 10.9. The number of rotatable bonds is 4. The van der Waals surface area contributed by atoms with Gasteiger partial charge in [0.2, 0.25) is 0 Å².